The minimum absolute atomic E-state index is 0. The molecule has 0 spiro atoms. The molecule has 0 radical (unpaired) electrons. The lowest BCUT2D eigenvalue weighted by atomic mass is 10.9. The van der Waals surface area contributed by atoms with E-state index in [0.29, 0.717) is 0 Å². The zero-order chi connectivity index (χ0) is 3.41. The van der Waals surface area contributed by atoms with Gasteiger partial charge in [0, 0.05) is 16.1 Å². The van der Waals surface area contributed by atoms with Crippen molar-refractivity contribution in [3.05, 3.63) is 0 Å². The monoisotopic (exact) mass is 126 g/mol. The molecule has 0 bridgehead atoms. The Bertz CT molecular complexity index is 10.0. The molecule has 0 N–H and O–H groups in total. The SMILES string of the molecule is C.C.C.CCOP. The van der Waals surface area contributed by atoms with E-state index in [1.165, 1.54) is 0 Å². The van der Waals surface area contributed by atoms with Crippen LogP contribution in [-0.2, 0) is 4.52 Å². The fourth-order valence-corrected chi connectivity index (χ4v) is 0. The van der Waals surface area contributed by atoms with Gasteiger partial charge in [-0.1, -0.05) is 22.3 Å². The molecule has 0 amide bonds. The maximum absolute atomic E-state index is 4.46. The highest BCUT2D eigenvalue weighted by molar-refractivity contribution is 7.09. The average molecular weight is 126 g/mol. The maximum Gasteiger partial charge on any atom is 0.0473 e. The fraction of sp³-hybridized carbons (Fsp3) is 1.00. The molecule has 50 valence electrons. The summed E-state index contributed by atoms with van der Waals surface area (Å²) in [6.45, 7) is 2.72. The van der Waals surface area contributed by atoms with E-state index in [0.717, 1.165) is 6.61 Å². The highest BCUT2D eigenvalue weighted by Crippen LogP contribution is 1.77. The average Bonchev–Trinajstić information content (AvgIpc) is 1.37. The molecule has 7 heavy (non-hydrogen) atoms. The van der Waals surface area contributed by atoms with Crippen LogP contribution in [0.5, 0.6) is 0 Å². The third-order valence-electron chi connectivity index (χ3n) is 0.167. The van der Waals surface area contributed by atoms with Crippen LogP contribution in [0.1, 0.15) is 29.2 Å². The standard InChI is InChI=1S/C2H7OP.3CH4/c1-2-3-4;;;/h2,4H2,1H3;3*1H4. The first-order valence-electron chi connectivity index (χ1n) is 1.23. The van der Waals surface area contributed by atoms with Crippen molar-refractivity contribution in [2.24, 2.45) is 0 Å². The predicted molar refractivity (Wildman–Crippen MR) is 41.5 cm³/mol. The van der Waals surface area contributed by atoms with E-state index in [2.05, 4.69) is 14.0 Å². The van der Waals surface area contributed by atoms with Crippen LogP contribution in [0.25, 0.3) is 0 Å². The maximum atomic E-state index is 4.46. The zero-order valence-electron chi connectivity index (χ0n) is 2.69. The van der Waals surface area contributed by atoms with Crippen LogP contribution in [-0.4, -0.2) is 6.61 Å². The van der Waals surface area contributed by atoms with Gasteiger partial charge in [-0.05, 0) is 6.92 Å². The molecule has 0 aliphatic heterocycles. The van der Waals surface area contributed by atoms with E-state index in [1.54, 1.807) is 0 Å². The molecule has 0 saturated heterocycles. The van der Waals surface area contributed by atoms with E-state index in [-0.39, 0.29) is 22.3 Å². The van der Waals surface area contributed by atoms with Gasteiger partial charge in [0.25, 0.3) is 0 Å². The van der Waals surface area contributed by atoms with E-state index >= 15 is 0 Å². The first kappa shape index (κ1) is 26.3. The molecule has 0 aromatic carbocycles. The largest absolute Gasteiger partial charge is 0.366 e. The molecular formula is C5H19OP. The molecule has 1 nitrogen and oxygen atoms in total. The molecular weight excluding hydrogens is 107 g/mol. The second-order valence-corrected chi connectivity index (χ2v) is 0.789. The second kappa shape index (κ2) is 32.5. The third kappa shape index (κ3) is 63.7. The minimum atomic E-state index is 0. The molecule has 0 aromatic rings. The summed E-state index contributed by atoms with van der Waals surface area (Å²) >= 11 is 0. The molecule has 0 saturated carbocycles. The summed E-state index contributed by atoms with van der Waals surface area (Å²) in [5.41, 5.74) is 0. The van der Waals surface area contributed by atoms with Crippen molar-refractivity contribution < 1.29 is 4.52 Å². The summed E-state index contributed by atoms with van der Waals surface area (Å²) in [6.07, 6.45) is 0. The van der Waals surface area contributed by atoms with Gasteiger partial charge in [0.05, 0.1) is 0 Å². The molecule has 1 atom stereocenters. The van der Waals surface area contributed by atoms with Gasteiger partial charge in [-0.15, -0.1) is 0 Å². The summed E-state index contributed by atoms with van der Waals surface area (Å²) in [7, 11) is 2.16. The van der Waals surface area contributed by atoms with Gasteiger partial charge >= 0.3 is 0 Å². The summed E-state index contributed by atoms with van der Waals surface area (Å²) < 4.78 is 4.46. The Labute approximate surface area is 50.7 Å². The van der Waals surface area contributed by atoms with Gasteiger partial charge in [-0.3, -0.25) is 0 Å². The highest BCUT2D eigenvalue weighted by Gasteiger charge is 1.51. The fourth-order valence-electron chi connectivity index (χ4n) is 0. The molecule has 1 unspecified atom stereocenters. The lowest BCUT2D eigenvalue weighted by Crippen LogP contribution is -1.63. The quantitative estimate of drug-likeness (QED) is 0.491. The van der Waals surface area contributed by atoms with Crippen molar-refractivity contribution in [3.63, 3.8) is 0 Å². The lowest BCUT2D eigenvalue weighted by Gasteiger charge is -1.75. The lowest BCUT2D eigenvalue weighted by molar-refractivity contribution is 0.400. The van der Waals surface area contributed by atoms with Gasteiger partial charge in [-0.25, -0.2) is 0 Å². The van der Waals surface area contributed by atoms with Crippen molar-refractivity contribution in [3.8, 4) is 0 Å². The van der Waals surface area contributed by atoms with Crippen molar-refractivity contribution in [1.82, 2.24) is 0 Å². The predicted octanol–water partition coefficient (Wildman–Crippen LogP) is 2.72. The first-order chi connectivity index (χ1) is 1.91. The summed E-state index contributed by atoms with van der Waals surface area (Å²) in [5.74, 6) is 0. The highest BCUT2D eigenvalue weighted by atomic mass is 31.0. The summed E-state index contributed by atoms with van der Waals surface area (Å²) in [6, 6.07) is 0. The Morgan fingerprint density at radius 1 is 1.29 bits per heavy atom. The van der Waals surface area contributed by atoms with Gasteiger partial charge in [0.1, 0.15) is 0 Å². The first-order valence-corrected chi connectivity index (χ1v) is 1.70. The van der Waals surface area contributed by atoms with Gasteiger partial charge in [0.2, 0.25) is 0 Å². The molecule has 0 heterocycles. The Balaban J connectivity index is -0.0000000150. The number of hydrogen-bond donors (Lipinski definition) is 0. The molecule has 0 rings (SSSR count). The van der Waals surface area contributed by atoms with Crippen molar-refractivity contribution in [1.29, 1.82) is 0 Å². The van der Waals surface area contributed by atoms with E-state index < -0.39 is 0 Å². The summed E-state index contributed by atoms with van der Waals surface area (Å²) in [5, 5.41) is 0. The number of hydrogen-bond acceptors (Lipinski definition) is 1. The third-order valence-corrected chi connectivity index (χ3v) is 0.500. The molecule has 0 aliphatic carbocycles. The normalized spacial score (nSPS) is 4.29. The van der Waals surface area contributed by atoms with Crippen LogP contribution in [0.3, 0.4) is 0 Å². The van der Waals surface area contributed by atoms with E-state index in [1.807, 2.05) is 6.92 Å². The van der Waals surface area contributed by atoms with Gasteiger partial charge in [-0.2, -0.15) is 0 Å². The Kier molecular flexibility index (Phi) is 122. The van der Waals surface area contributed by atoms with Crippen LogP contribution in [0.2, 0.25) is 0 Å². The summed E-state index contributed by atoms with van der Waals surface area (Å²) in [4.78, 5) is 0. The van der Waals surface area contributed by atoms with E-state index in [9.17, 15) is 0 Å². The molecule has 0 fully saturated rings. The van der Waals surface area contributed by atoms with Crippen LogP contribution in [0, 0.1) is 0 Å². The van der Waals surface area contributed by atoms with Crippen molar-refractivity contribution in [2.45, 2.75) is 29.2 Å². The topological polar surface area (TPSA) is 9.23 Å². The van der Waals surface area contributed by atoms with Crippen LogP contribution < -0.4 is 0 Å². The minimum Gasteiger partial charge on any atom is -0.366 e. The van der Waals surface area contributed by atoms with Gasteiger partial charge in [0.15, 0.2) is 0 Å². The van der Waals surface area contributed by atoms with E-state index in [4.69, 9.17) is 0 Å². The van der Waals surface area contributed by atoms with Gasteiger partial charge < -0.3 is 4.52 Å². The Morgan fingerprint density at radius 2 is 1.43 bits per heavy atom. The van der Waals surface area contributed by atoms with Crippen LogP contribution >= 0.6 is 9.47 Å². The Hall–Kier alpha value is 0.390. The van der Waals surface area contributed by atoms with Crippen molar-refractivity contribution in [2.75, 3.05) is 6.61 Å². The van der Waals surface area contributed by atoms with Crippen LogP contribution in [0.4, 0.5) is 0 Å². The second-order valence-electron chi connectivity index (χ2n) is 0.455. The van der Waals surface area contributed by atoms with Crippen LogP contribution in [0.15, 0.2) is 0 Å². The zero-order valence-corrected chi connectivity index (χ0v) is 3.85. The number of rotatable bonds is 1. The molecule has 0 aliphatic rings. The van der Waals surface area contributed by atoms with Crippen molar-refractivity contribution >= 4 is 9.47 Å². The molecule has 2 heteroatoms. The Morgan fingerprint density at radius 3 is 1.43 bits per heavy atom. The smallest absolute Gasteiger partial charge is 0.0473 e. The molecule has 0 aromatic heterocycles.